The predicted molar refractivity (Wildman–Crippen MR) is 77.3 cm³/mol. The SMILES string of the molecule is C=C(C)CN(C)C(=O)N1CCc2cc(C(=O)O)ccc21. The van der Waals surface area contributed by atoms with E-state index >= 15 is 0 Å². The number of hydrogen-bond donors (Lipinski definition) is 1. The van der Waals surface area contributed by atoms with E-state index in [-0.39, 0.29) is 11.6 Å². The van der Waals surface area contributed by atoms with Crippen LogP contribution in [-0.2, 0) is 6.42 Å². The number of carbonyl (C=O) groups is 2. The van der Waals surface area contributed by atoms with Crippen LogP contribution in [0.5, 0.6) is 0 Å². The Bertz CT molecular complexity index is 580. The van der Waals surface area contributed by atoms with Crippen LogP contribution in [0.15, 0.2) is 30.4 Å². The summed E-state index contributed by atoms with van der Waals surface area (Å²) >= 11 is 0. The lowest BCUT2D eigenvalue weighted by atomic mass is 10.1. The quantitative estimate of drug-likeness (QED) is 0.861. The maximum Gasteiger partial charge on any atom is 0.335 e. The van der Waals surface area contributed by atoms with Crippen LogP contribution < -0.4 is 4.90 Å². The van der Waals surface area contributed by atoms with Gasteiger partial charge in [-0.05, 0) is 37.1 Å². The smallest absolute Gasteiger partial charge is 0.335 e. The molecular weight excluding hydrogens is 256 g/mol. The fraction of sp³-hybridized carbons (Fsp3) is 0.333. The molecule has 1 heterocycles. The van der Waals surface area contributed by atoms with Gasteiger partial charge in [0.05, 0.1) is 5.56 Å². The molecule has 1 aliphatic heterocycles. The van der Waals surface area contributed by atoms with Gasteiger partial charge in [0.2, 0.25) is 0 Å². The number of likely N-dealkylation sites (N-methyl/N-ethyl adjacent to an activating group) is 1. The van der Waals surface area contributed by atoms with Crippen molar-refractivity contribution in [1.29, 1.82) is 0 Å². The zero-order chi connectivity index (χ0) is 14.9. The topological polar surface area (TPSA) is 60.9 Å². The fourth-order valence-electron chi connectivity index (χ4n) is 2.41. The summed E-state index contributed by atoms with van der Waals surface area (Å²) in [5, 5.41) is 8.98. The van der Waals surface area contributed by atoms with Crippen LogP contribution in [0.1, 0.15) is 22.8 Å². The Hall–Kier alpha value is -2.30. The van der Waals surface area contributed by atoms with Gasteiger partial charge in [0.25, 0.3) is 0 Å². The fourth-order valence-corrected chi connectivity index (χ4v) is 2.41. The highest BCUT2D eigenvalue weighted by molar-refractivity contribution is 5.96. The molecule has 0 spiro atoms. The summed E-state index contributed by atoms with van der Waals surface area (Å²) in [7, 11) is 1.74. The summed E-state index contributed by atoms with van der Waals surface area (Å²) in [5.74, 6) is -0.947. The zero-order valence-corrected chi connectivity index (χ0v) is 11.7. The number of carbonyl (C=O) groups excluding carboxylic acids is 1. The van der Waals surface area contributed by atoms with Crippen LogP contribution in [0.3, 0.4) is 0 Å². The number of rotatable bonds is 3. The van der Waals surface area contributed by atoms with E-state index in [0.29, 0.717) is 19.5 Å². The van der Waals surface area contributed by atoms with Crippen LogP contribution >= 0.6 is 0 Å². The second kappa shape index (κ2) is 5.36. The highest BCUT2D eigenvalue weighted by Crippen LogP contribution is 2.29. The molecule has 0 saturated carbocycles. The molecule has 1 aromatic rings. The molecule has 0 unspecified atom stereocenters. The molecule has 2 rings (SSSR count). The Morgan fingerprint density at radius 2 is 2.15 bits per heavy atom. The summed E-state index contributed by atoms with van der Waals surface area (Å²) in [5.41, 5.74) is 2.88. The minimum Gasteiger partial charge on any atom is -0.478 e. The summed E-state index contributed by atoms with van der Waals surface area (Å²) in [6.45, 7) is 6.77. The molecule has 5 nitrogen and oxygen atoms in total. The van der Waals surface area contributed by atoms with E-state index in [1.807, 2.05) is 6.92 Å². The Morgan fingerprint density at radius 3 is 2.75 bits per heavy atom. The molecule has 0 aromatic heterocycles. The number of hydrogen-bond acceptors (Lipinski definition) is 2. The van der Waals surface area contributed by atoms with Crippen molar-refractivity contribution in [2.24, 2.45) is 0 Å². The van der Waals surface area contributed by atoms with Crippen LogP contribution in [0.4, 0.5) is 10.5 Å². The molecular formula is C15H18N2O3. The molecule has 20 heavy (non-hydrogen) atoms. The van der Waals surface area contributed by atoms with Gasteiger partial charge in [-0.25, -0.2) is 9.59 Å². The van der Waals surface area contributed by atoms with Gasteiger partial charge in [-0.2, -0.15) is 0 Å². The van der Waals surface area contributed by atoms with E-state index in [9.17, 15) is 9.59 Å². The van der Waals surface area contributed by atoms with Gasteiger partial charge in [-0.15, -0.1) is 0 Å². The lowest BCUT2D eigenvalue weighted by Crippen LogP contribution is -2.40. The van der Waals surface area contributed by atoms with E-state index in [4.69, 9.17) is 5.11 Å². The van der Waals surface area contributed by atoms with Crippen LogP contribution in [0.25, 0.3) is 0 Å². The van der Waals surface area contributed by atoms with Crippen molar-refractivity contribution in [1.82, 2.24) is 4.90 Å². The van der Waals surface area contributed by atoms with Crippen molar-refractivity contribution in [3.05, 3.63) is 41.5 Å². The Labute approximate surface area is 118 Å². The predicted octanol–water partition coefficient (Wildman–Crippen LogP) is 2.38. The molecule has 0 saturated heterocycles. The first kappa shape index (κ1) is 14.1. The molecule has 0 radical (unpaired) electrons. The standard InChI is InChI=1S/C15H18N2O3/c1-10(2)9-16(3)15(20)17-7-6-11-8-12(14(18)19)4-5-13(11)17/h4-5,8H,1,6-7,9H2,2-3H3,(H,18,19). The normalized spacial score (nSPS) is 13.0. The lowest BCUT2D eigenvalue weighted by molar-refractivity contribution is 0.0697. The van der Waals surface area contributed by atoms with Crippen molar-refractivity contribution in [3.63, 3.8) is 0 Å². The van der Waals surface area contributed by atoms with Gasteiger partial charge < -0.3 is 10.0 Å². The summed E-state index contributed by atoms with van der Waals surface area (Å²) in [6.07, 6.45) is 0.684. The van der Waals surface area contributed by atoms with Crippen LogP contribution in [0.2, 0.25) is 0 Å². The number of aromatic carboxylic acids is 1. The van der Waals surface area contributed by atoms with Crippen molar-refractivity contribution < 1.29 is 14.7 Å². The molecule has 0 fully saturated rings. The van der Waals surface area contributed by atoms with E-state index in [1.165, 1.54) is 6.07 Å². The maximum atomic E-state index is 12.4. The Morgan fingerprint density at radius 1 is 1.45 bits per heavy atom. The minimum atomic E-state index is -0.947. The lowest BCUT2D eigenvalue weighted by Gasteiger charge is -2.25. The van der Waals surface area contributed by atoms with Gasteiger partial charge in [-0.3, -0.25) is 4.90 Å². The second-order valence-electron chi connectivity index (χ2n) is 5.15. The first-order valence-corrected chi connectivity index (χ1v) is 6.43. The number of fused-ring (bicyclic) bond motifs is 1. The third-order valence-corrected chi connectivity index (χ3v) is 3.29. The summed E-state index contributed by atoms with van der Waals surface area (Å²) < 4.78 is 0. The number of amides is 2. The monoisotopic (exact) mass is 274 g/mol. The Kier molecular flexibility index (Phi) is 3.79. The van der Waals surface area contributed by atoms with E-state index in [2.05, 4.69) is 6.58 Å². The van der Waals surface area contributed by atoms with Gasteiger partial charge in [0.15, 0.2) is 0 Å². The van der Waals surface area contributed by atoms with Crippen molar-refractivity contribution in [3.8, 4) is 0 Å². The molecule has 0 aliphatic carbocycles. The van der Waals surface area contributed by atoms with E-state index in [0.717, 1.165) is 16.8 Å². The Balaban J connectivity index is 2.21. The van der Waals surface area contributed by atoms with Gasteiger partial charge in [0.1, 0.15) is 0 Å². The molecule has 0 bridgehead atoms. The second-order valence-corrected chi connectivity index (χ2v) is 5.15. The first-order valence-electron chi connectivity index (χ1n) is 6.43. The number of carboxylic acids is 1. The van der Waals surface area contributed by atoms with Crippen molar-refractivity contribution in [2.75, 3.05) is 25.0 Å². The maximum absolute atomic E-state index is 12.4. The number of carboxylic acid groups (broad SMARTS) is 1. The number of benzene rings is 1. The molecule has 106 valence electrons. The largest absolute Gasteiger partial charge is 0.478 e. The van der Waals surface area contributed by atoms with Crippen molar-refractivity contribution in [2.45, 2.75) is 13.3 Å². The molecule has 5 heteroatoms. The average molecular weight is 274 g/mol. The van der Waals surface area contributed by atoms with Crippen LogP contribution in [0, 0.1) is 0 Å². The van der Waals surface area contributed by atoms with E-state index < -0.39 is 5.97 Å². The highest BCUT2D eigenvalue weighted by atomic mass is 16.4. The number of nitrogens with zero attached hydrogens (tertiary/aromatic N) is 2. The zero-order valence-electron chi connectivity index (χ0n) is 11.7. The van der Waals surface area contributed by atoms with Gasteiger partial charge >= 0.3 is 12.0 Å². The van der Waals surface area contributed by atoms with Gasteiger partial charge in [-0.1, -0.05) is 12.2 Å². The molecule has 1 aromatic carbocycles. The molecule has 1 N–H and O–H groups in total. The third kappa shape index (κ3) is 2.66. The average Bonchev–Trinajstić information content (AvgIpc) is 2.79. The molecule has 0 atom stereocenters. The summed E-state index contributed by atoms with van der Waals surface area (Å²) in [6, 6.07) is 4.79. The van der Waals surface area contributed by atoms with Crippen LogP contribution in [-0.4, -0.2) is 42.1 Å². The minimum absolute atomic E-state index is 0.0881. The third-order valence-electron chi connectivity index (χ3n) is 3.29. The number of urea groups is 1. The van der Waals surface area contributed by atoms with E-state index in [1.54, 1.807) is 29.0 Å². The first-order chi connectivity index (χ1) is 9.40. The van der Waals surface area contributed by atoms with Crippen molar-refractivity contribution >= 4 is 17.7 Å². The summed E-state index contributed by atoms with van der Waals surface area (Å²) in [4.78, 5) is 26.6. The molecule has 1 aliphatic rings. The van der Waals surface area contributed by atoms with Gasteiger partial charge in [0, 0.05) is 25.8 Å². The molecule has 2 amide bonds. The number of anilines is 1. The highest BCUT2D eigenvalue weighted by Gasteiger charge is 2.27.